The van der Waals surface area contributed by atoms with Crippen LogP contribution in [0.1, 0.15) is 5.56 Å². The van der Waals surface area contributed by atoms with Crippen molar-refractivity contribution >= 4 is 36.2 Å². The van der Waals surface area contributed by atoms with Crippen LogP contribution in [0.25, 0.3) is 0 Å². The van der Waals surface area contributed by atoms with E-state index in [1.54, 1.807) is 0 Å². The second-order valence-electron chi connectivity index (χ2n) is 1.93. The quantitative estimate of drug-likeness (QED) is 0.429. The monoisotopic (exact) mass is 215 g/mol. The second kappa shape index (κ2) is 3.85. The van der Waals surface area contributed by atoms with E-state index in [4.69, 9.17) is 29.7 Å². The fourth-order valence-corrected chi connectivity index (χ4v) is 1.92. The predicted molar refractivity (Wildman–Crippen MR) is 53.3 cm³/mol. The SMILES string of the molecule is CSc1[nH]c(=S)[nH]c(=S)c1C#N. The Kier molecular flexibility index (Phi) is 3.03. The molecule has 0 aliphatic heterocycles. The molecule has 0 spiro atoms. The first kappa shape index (κ1) is 9.45. The smallest absolute Gasteiger partial charge is 0.176 e. The van der Waals surface area contributed by atoms with E-state index < -0.39 is 0 Å². The zero-order chi connectivity index (χ0) is 9.14. The molecule has 12 heavy (non-hydrogen) atoms. The van der Waals surface area contributed by atoms with Gasteiger partial charge in [-0.25, -0.2) is 0 Å². The average molecular weight is 215 g/mol. The fourth-order valence-electron chi connectivity index (χ4n) is 0.720. The van der Waals surface area contributed by atoms with Crippen LogP contribution < -0.4 is 0 Å². The molecular formula is C6H5N3S3. The molecule has 1 aromatic heterocycles. The number of H-pyrrole nitrogens is 2. The van der Waals surface area contributed by atoms with E-state index in [0.717, 1.165) is 0 Å². The summed E-state index contributed by atoms with van der Waals surface area (Å²) in [5, 5.41) is 9.43. The van der Waals surface area contributed by atoms with Gasteiger partial charge in [0.1, 0.15) is 16.3 Å². The normalized spacial score (nSPS) is 9.33. The molecule has 0 fully saturated rings. The van der Waals surface area contributed by atoms with Crippen LogP contribution in [0.3, 0.4) is 0 Å². The summed E-state index contributed by atoms with van der Waals surface area (Å²) >= 11 is 11.2. The van der Waals surface area contributed by atoms with Crippen LogP contribution in [0.4, 0.5) is 0 Å². The van der Waals surface area contributed by atoms with Crippen LogP contribution in [0.5, 0.6) is 0 Å². The maximum Gasteiger partial charge on any atom is 0.176 e. The van der Waals surface area contributed by atoms with Crippen molar-refractivity contribution in [3.63, 3.8) is 0 Å². The number of hydrogen-bond donors (Lipinski definition) is 2. The van der Waals surface area contributed by atoms with Gasteiger partial charge in [0.2, 0.25) is 0 Å². The Hall–Kier alpha value is -0.640. The average Bonchev–Trinajstić information content (AvgIpc) is 2.03. The lowest BCUT2D eigenvalue weighted by molar-refractivity contribution is 0.996. The Labute approximate surface area is 83.8 Å². The molecule has 0 radical (unpaired) electrons. The van der Waals surface area contributed by atoms with Gasteiger partial charge in [-0.2, -0.15) is 5.26 Å². The van der Waals surface area contributed by atoms with Gasteiger partial charge in [-0.05, 0) is 18.5 Å². The largest absolute Gasteiger partial charge is 0.326 e. The first-order valence-electron chi connectivity index (χ1n) is 2.99. The highest BCUT2D eigenvalue weighted by molar-refractivity contribution is 7.98. The van der Waals surface area contributed by atoms with Crippen molar-refractivity contribution in [1.82, 2.24) is 9.97 Å². The third-order valence-corrected chi connectivity index (χ3v) is 2.45. The first-order valence-corrected chi connectivity index (χ1v) is 5.04. The van der Waals surface area contributed by atoms with Crippen LogP contribution in [0.2, 0.25) is 0 Å². The number of nitrogens with zero attached hydrogens (tertiary/aromatic N) is 1. The molecule has 1 rings (SSSR count). The molecule has 0 amide bonds. The van der Waals surface area contributed by atoms with Gasteiger partial charge in [0.05, 0.1) is 5.03 Å². The summed E-state index contributed by atoms with van der Waals surface area (Å²) in [6.45, 7) is 0. The van der Waals surface area contributed by atoms with E-state index in [9.17, 15) is 0 Å². The van der Waals surface area contributed by atoms with Crippen LogP contribution in [0, 0.1) is 20.7 Å². The van der Waals surface area contributed by atoms with Crippen LogP contribution >= 0.6 is 36.2 Å². The Balaban J connectivity index is 3.58. The molecule has 1 aromatic rings. The summed E-state index contributed by atoms with van der Waals surface area (Å²) in [7, 11) is 0. The molecule has 0 aliphatic rings. The summed E-state index contributed by atoms with van der Waals surface area (Å²) in [6, 6.07) is 2.01. The molecule has 0 bridgehead atoms. The summed E-state index contributed by atoms with van der Waals surface area (Å²) in [5.41, 5.74) is 0.450. The van der Waals surface area contributed by atoms with Gasteiger partial charge in [-0.1, -0.05) is 12.2 Å². The van der Waals surface area contributed by atoms with E-state index in [-0.39, 0.29) is 0 Å². The van der Waals surface area contributed by atoms with Crippen molar-refractivity contribution in [2.24, 2.45) is 0 Å². The summed E-state index contributed by atoms with van der Waals surface area (Å²) in [6.07, 6.45) is 1.86. The zero-order valence-electron chi connectivity index (χ0n) is 6.17. The molecule has 0 saturated carbocycles. The molecular weight excluding hydrogens is 210 g/mol. The lowest BCUT2D eigenvalue weighted by atomic mass is 10.4. The lowest BCUT2D eigenvalue weighted by Gasteiger charge is -1.98. The molecule has 0 unspecified atom stereocenters. The van der Waals surface area contributed by atoms with E-state index in [1.165, 1.54) is 11.8 Å². The molecule has 3 nitrogen and oxygen atoms in total. The fraction of sp³-hybridized carbons (Fsp3) is 0.167. The van der Waals surface area contributed by atoms with Gasteiger partial charge in [0.25, 0.3) is 0 Å². The Bertz CT molecular complexity index is 437. The molecule has 0 atom stereocenters. The summed E-state index contributed by atoms with van der Waals surface area (Å²) in [4.78, 5) is 5.55. The summed E-state index contributed by atoms with van der Waals surface area (Å²) < 4.78 is 0.842. The molecule has 1 heterocycles. The Morgan fingerprint density at radius 2 is 2.08 bits per heavy atom. The number of aromatic amines is 2. The van der Waals surface area contributed by atoms with Gasteiger partial charge in [0.15, 0.2) is 4.77 Å². The Morgan fingerprint density at radius 3 is 2.58 bits per heavy atom. The number of nitriles is 1. The minimum atomic E-state index is 0.394. The molecule has 62 valence electrons. The number of hydrogen-bond acceptors (Lipinski definition) is 4. The summed E-state index contributed by atoms with van der Waals surface area (Å²) in [5.74, 6) is 0. The van der Waals surface area contributed by atoms with Gasteiger partial charge in [0, 0.05) is 0 Å². The highest BCUT2D eigenvalue weighted by atomic mass is 32.2. The van der Waals surface area contributed by atoms with E-state index in [2.05, 4.69) is 9.97 Å². The minimum absolute atomic E-state index is 0.394. The lowest BCUT2D eigenvalue weighted by Crippen LogP contribution is -1.91. The predicted octanol–water partition coefficient (Wildman–Crippen LogP) is 2.40. The molecule has 0 aromatic carbocycles. The third kappa shape index (κ3) is 1.75. The van der Waals surface area contributed by atoms with Crippen LogP contribution in [-0.4, -0.2) is 16.2 Å². The Morgan fingerprint density at radius 1 is 1.42 bits per heavy atom. The van der Waals surface area contributed by atoms with Gasteiger partial charge >= 0.3 is 0 Å². The maximum atomic E-state index is 8.72. The number of aromatic nitrogens is 2. The van der Waals surface area contributed by atoms with Crippen molar-refractivity contribution in [2.45, 2.75) is 5.03 Å². The standard InChI is InChI=1S/C6H5N3S3/c1-12-5-3(2-7)4(10)8-6(11)9-5/h1H3,(H2,8,9,10,11). The van der Waals surface area contributed by atoms with E-state index >= 15 is 0 Å². The minimum Gasteiger partial charge on any atom is -0.326 e. The highest BCUT2D eigenvalue weighted by Crippen LogP contribution is 2.16. The molecule has 6 heteroatoms. The number of thioether (sulfide) groups is 1. The van der Waals surface area contributed by atoms with Crippen LogP contribution in [0.15, 0.2) is 5.03 Å². The van der Waals surface area contributed by atoms with Gasteiger partial charge < -0.3 is 9.97 Å². The molecule has 2 N–H and O–H groups in total. The van der Waals surface area contributed by atoms with Crippen molar-refractivity contribution < 1.29 is 0 Å². The van der Waals surface area contributed by atoms with Crippen molar-refractivity contribution in [3.05, 3.63) is 15.0 Å². The van der Waals surface area contributed by atoms with Gasteiger partial charge in [-0.3, -0.25) is 0 Å². The number of rotatable bonds is 1. The first-order chi connectivity index (χ1) is 5.69. The van der Waals surface area contributed by atoms with Gasteiger partial charge in [-0.15, -0.1) is 11.8 Å². The van der Waals surface area contributed by atoms with Crippen molar-refractivity contribution in [2.75, 3.05) is 6.26 Å². The van der Waals surface area contributed by atoms with Crippen molar-refractivity contribution in [3.8, 4) is 6.07 Å². The zero-order valence-corrected chi connectivity index (χ0v) is 8.62. The third-order valence-electron chi connectivity index (χ3n) is 1.22. The highest BCUT2D eigenvalue weighted by Gasteiger charge is 2.02. The molecule has 0 saturated heterocycles. The second-order valence-corrected chi connectivity index (χ2v) is 3.56. The van der Waals surface area contributed by atoms with Crippen LogP contribution in [-0.2, 0) is 0 Å². The van der Waals surface area contributed by atoms with Crippen molar-refractivity contribution in [1.29, 1.82) is 5.26 Å². The maximum absolute atomic E-state index is 8.72. The number of nitrogens with one attached hydrogen (secondary N) is 2. The topological polar surface area (TPSA) is 55.4 Å². The molecule has 0 aliphatic carbocycles. The van der Waals surface area contributed by atoms with E-state index in [1.807, 2.05) is 12.3 Å². The van der Waals surface area contributed by atoms with E-state index in [0.29, 0.717) is 20.0 Å².